The Labute approximate surface area is 153 Å². The highest BCUT2D eigenvalue weighted by atomic mass is 32.1. The number of halogens is 1. The van der Waals surface area contributed by atoms with Gasteiger partial charge in [0.15, 0.2) is 11.7 Å². The van der Waals surface area contributed by atoms with Crippen LogP contribution in [0.1, 0.15) is 24.8 Å². The molecule has 1 heterocycles. The normalized spacial score (nSPS) is 11.9. The van der Waals surface area contributed by atoms with Crippen LogP contribution in [-0.4, -0.2) is 23.5 Å². The van der Waals surface area contributed by atoms with Crippen LogP contribution < -0.4 is 5.32 Å². The van der Waals surface area contributed by atoms with E-state index in [4.69, 9.17) is 4.74 Å². The lowest BCUT2D eigenvalue weighted by atomic mass is 9.97. The Morgan fingerprint density at radius 1 is 1.23 bits per heavy atom. The van der Waals surface area contributed by atoms with Crippen LogP contribution in [0.25, 0.3) is 10.2 Å². The number of carbonyl (C=O) groups is 2. The third kappa shape index (κ3) is 4.23. The van der Waals surface area contributed by atoms with Gasteiger partial charge in [-0.05, 0) is 30.2 Å². The molecule has 0 saturated heterocycles. The largest absolute Gasteiger partial charge is 0.455 e. The van der Waals surface area contributed by atoms with Gasteiger partial charge in [-0.1, -0.05) is 48.6 Å². The SMILES string of the molecule is CCC(C(=O)OCC(=O)Nc1nc2ccc(F)cc2s1)c1ccccc1. The minimum absolute atomic E-state index is 0.335. The van der Waals surface area contributed by atoms with E-state index < -0.39 is 24.4 Å². The summed E-state index contributed by atoms with van der Waals surface area (Å²) in [6, 6.07) is 13.5. The van der Waals surface area contributed by atoms with E-state index in [0.29, 0.717) is 21.8 Å². The molecule has 3 rings (SSSR count). The van der Waals surface area contributed by atoms with Crippen molar-refractivity contribution < 1.29 is 18.7 Å². The molecule has 0 radical (unpaired) electrons. The fraction of sp³-hybridized carbons (Fsp3) is 0.211. The third-order valence-electron chi connectivity index (χ3n) is 3.84. The van der Waals surface area contributed by atoms with Crippen molar-refractivity contribution >= 4 is 38.6 Å². The van der Waals surface area contributed by atoms with Crippen molar-refractivity contribution in [3.8, 4) is 0 Å². The Bertz CT molecular complexity index is 927. The van der Waals surface area contributed by atoms with Gasteiger partial charge in [-0.25, -0.2) is 9.37 Å². The number of benzene rings is 2. The summed E-state index contributed by atoms with van der Waals surface area (Å²) in [5.74, 6) is -1.70. The summed E-state index contributed by atoms with van der Waals surface area (Å²) in [7, 11) is 0. The number of aromatic nitrogens is 1. The summed E-state index contributed by atoms with van der Waals surface area (Å²) in [4.78, 5) is 28.5. The summed E-state index contributed by atoms with van der Waals surface area (Å²) >= 11 is 1.16. The molecule has 0 bridgehead atoms. The lowest BCUT2D eigenvalue weighted by molar-refractivity contribution is -0.149. The monoisotopic (exact) mass is 372 g/mol. The van der Waals surface area contributed by atoms with E-state index in [1.807, 2.05) is 37.3 Å². The number of ether oxygens (including phenoxy) is 1. The molecule has 26 heavy (non-hydrogen) atoms. The zero-order chi connectivity index (χ0) is 18.5. The van der Waals surface area contributed by atoms with Crippen LogP contribution in [0.5, 0.6) is 0 Å². The molecule has 1 amide bonds. The van der Waals surface area contributed by atoms with Gasteiger partial charge in [0.25, 0.3) is 5.91 Å². The minimum Gasteiger partial charge on any atom is -0.455 e. The number of rotatable bonds is 6. The molecule has 134 valence electrons. The molecular weight excluding hydrogens is 355 g/mol. The van der Waals surface area contributed by atoms with Crippen molar-refractivity contribution in [3.05, 3.63) is 59.9 Å². The number of fused-ring (bicyclic) bond motifs is 1. The second-order valence-electron chi connectivity index (χ2n) is 5.66. The summed E-state index contributed by atoms with van der Waals surface area (Å²) < 4.78 is 19.0. The molecule has 0 fully saturated rings. The van der Waals surface area contributed by atoms with Crippen LogP contribution in [0.2, 0.25) is 0 Å². The van der Waals surface area contributed by atoms with Gasteiger partial charge in [0, 0.05) is 0 Å². The molecule has 1 unspecified atom stereocenters. The zero-order valence-electron chi connectivity index (χ0n) is 14.1. The zero-order valence-corrected chi connectivity index (χ0v) is 14.9. The molecule has 1 aromatic heterocycles. The molecule has 0 aliphatic carbocycles. The molecule has 7 heteroatoms. The molecule has 0 spiro atoms. The fourth-order valence-corrected chi connectivity index (χ4v) is 3.48. The Morgan fingerprint density at radius 2 is 2.00 bits per heavy atom. The average Bonchev–Trinajstić information content (AvgIpc) is 3.02. The number of nitrogens with zero attached hydrogens (tertiary/aromatic N) is 1. The number of hydrogen-bond donors (Lipinski definition) is 1. The van der Waals surface area contributed by atoms with Crippen molar-refractivity contribution in [2.24, 2.45) is 0 Å². The molecule has 1 atom stereocenters. The van der Waals surface area contributed by atoms with Gasteiger partial charge in [0.2, 0.25) is 0 Å². The minimum atomic E-state index is -0.485. The first kappa shape index (κ1) is 18.0. The summed E-state index contributed by atoms with van der Waals surface area (Å²) in [6.07, 6.45) is 0.577. The van der Waals surface area contributed by atoms with Crippen molar-refractivity contribution in [1.82, 2.24) is 4.98 Å². The van der Waals surface area contributed by atoms with Crippen LogP contribution in [-0.2, 0) is 14.3 Å². The van der Waals surface area contributed by atoms with Crippen LogP contribution in [0.4, 0.5) is 9.52 Å². The number of nitrogens with one attached hydrogen (secondary N) is 1. The van der Waals surface area contributed by atoms with E-state index in [0.717, 1.165) is 16.9 Å². The van der Waals surface area contributed by atoms with E-state index in [1.54, 1.807) is 6.07 Å². The van der Waals surface area contributed by atoms with Crippen LogP contribution in [0.15, 0.2) is 48.5 Å². The topological polar surface area (TPSA) is 68.3 Å². The molecule has 1 N–H and O–H groups in total. The fourth-order valence-electron chi connectivity index (χ4n) is 2.57. The van der Waals surface area contributed by atoms with E-state index in [9.17, 15) is 14.0 Å². The van der Waals surface area contributed by atoms with E-state index in [1.165, 1.54) is 12.1 Å². The van der Waals surface area contributed by atoms with Gasteiger partial charge < -0.3 is 4.74 Å². The molecule has 0 saturated carbocycles. The van der Waals surface area contributed by atoms with Gasteiger partial charge in [-0.3, -0.25) is 14.9 Å². The first-order chi connectivity index (χ1) is 12.6. The number of amides is 1. The van der Waals surface area contributed by atoms with Crippen molar-refractivity contribution in [3.63, 3.8) is 0 Å². The lowest BCUT2D eigenvalue weighted by Gasteiger charge is -2.14. The maximum Gasteiger partial charge on any atom is 0.313 e. The van der Waals surface area contributed by atoms with Crippen molar-refractivity contribution in [1.29, 1.82) is 0 Å². The summed E-state index contributed by atoms with van der Waals surface area (Å²) in [6.45, 7) is 1.49. The summed E-state index contributed by atoms with van der Waals surface area (Å²) in [5.41, 5.74) is 1.45. The number of thiazole rings is 1. The van der Waals surface area contributed by atoms with Gasteiger partial charge in [0.05, 0.1) is 16.1 Å². The standard InChI is InChI=1S/C19H17FN2O3S/c1-2-14(12-6-4-3-5-7-12)18(24)25-11-17(23)22-19-21-15-9-8-13(20)10-16(15)26-19/h3-10,14H,2,11H2,1H3,(H,21,22,23). The Morgan fingerprint density at radius 3 is 2.73 bits per heavy atom. The highest BCUT2D eigenvalue weighted by molar-refractivity contribution is 7.22. The van der Waals surface area contributed by atoms with E-state index >= 15 is 0 Å². The summed E-state index contributed by atoms with van der Waals surface area (Å²) in [5, 5.41) is 2.91. The Hall–Kier alpha value is -2.80. The predicted octanol–water partition coefficient (Wildman–Crippen LogP) is 4.11. The van der Waals surface area contributed by atoms with Gasteiger partial charge in [-0.15, -0.1) is 0 Å². The predicted molar refractivity (Wildman–Crippen MR) is 98.6 cm³/mol. The first-order valence-electron chi connectivity index (χ1n) is 8.14. The maximum absolute atomic E-state index is 13.2. The van der Waals surface area contributed by atoms with E-state index in [2.05, 4.69) is 10.3 Å². The van der Waals surface area contributed by atoms with E-state index in [-0.39, 0.29) is 5.82 Å². The molecule has 3 aromatic rings. The lowest BCUT2D eigenvalue weighted by Crippen LogP contribution is -2.23. The van der Waals surface area contributed by atoms with Crippen molar-refractivity contribution in [2.75, 3.05) is 11.9 Å². The molecular formula is C19H17FN2O3S. The van der Waals surface area contributed by atoms with Gasteiger partial charge >= 0.3 is 5.97 Å². The molecule has 0 aliphatic heterocycles. The highest BCUT2D eigenvalue weighted by Gasteiger charge is 2.21. The van der Waals surface area contributed by atoms with Crippen LogP contribution >= 0.6 is 11.3 Å². The number of hydrogen-bond acceptors (Lipinski definition) is 5. The van der Waals surface area contributed by atoms with Gasteiger partial charge in [0.1, 0.15) is 5.82 Å². The highest BCUT2D eigenvalue weighted by Crippen LogP contribution is 2.26. The van der Waals surface area contributed by atoms with Crippen LogP contribution in [0.3, 0.4) is 0 Å². The van der Waals surface area contributed by atoms with Gasteiger partial charge in [-0.2, -0.15) is 0 Å². The molecule has 2 aromatic carbocycles. The van der Waals surface area contributed by atoms with Crippen molar-refractivity contribution in [2.45, 2.75) is 19.3 Å². The number of esters is 1. The second kappa shape index (κ2) is 8.05. The maximum atomic E-state index is 13.2. The Kier molecular flexibility index (Phi) is 5.58. The second-order valence-corrected chi connectivity index (χ2v) is 6.69. The smallest absolute Gasteiger partial charge is 0.313 e. The average molecular weight is 372 g/mol. The number of carbonyl (C=O) groups excluding carboxylic acids is 2. The Balaban J connectivity index is 1.58. The van der Waals surface area contributed by atoms with Crippen LogP contribution in [0, 0.1) is 5.82 Å². The third-order valence-corrected chi connectivity index (χ3v) is 4.77. The quantitative estimate of drug-likeness (QED) is 0.661. The molecule has 0 aliphatic rings. The first-order valence-corrected chi connectivity index (χ1v) is 8.96. The number of anilines is 1. The molecule has 5 nitrogen and oxygen atoms in total.